The number of carboxylic acid groups (broad SMARTS) is 1. The zero-order chi connectivity index (χ0) is 36.4. The number of hydrogen-bond donors (Lipinski definition) is 3. The highest BCUT2D eigenvalue weighted by molar-refractivity contribution is 5.77. The zero-order valence-electron chi connectivity index (χ0n) is 30.0. The SMILES string of the molecule is CC(C)(C)OC(=O)C1CCCN1CC1CC(c2ccc(CO)cc2)OC(c2ccc(-c3ccccc3CNC(=O)CCCCCC(=O)O)cc2)O1. The van der Waals surface area contributed by atoms with E-state index in [4.69, 9.17) is 19.3 Å². The van der Waals surface area contributed by atoms with E-state index in [0.29, 0.717) is 45.2 Å². The molecule has 3 N–H and O–H groups in total. The molecule has 2 aliphatic rings. The van der Waals surface area contributed by atoms with Crippen LogP contribution in [0.15, 0.2) is 72.8 Å². The van der Waals surface area contributed by atoms with Crippen LogP contribution in [0, 0.1) is 0 Å². The standard InChI is InChI=1S/C41H52N2O8/c1-41(2,3)51-39(48)35-12-9-23-43(35)26-33-24-36(30-17-15-28(27-44)16-18-30)50-40(49-33)31-21-19-29(20-22-31)34-11-8-7-10-32(34)25-42-37(45)13-5-4-6-14-38(46)47/h7-8,10-11,15-22,33,35-36,40,44H,4-6,9,12-14,23-27H2,1-3H3,(H,42,45)(H,46,47). The number of aliphatic hydroxyl groups excluding tert-OH is 1. The van der Waals surface area contributed by atoms with Crippen LogP contribution in [-0.4, -0.2) is 63.8 Å². The van der Waals surface area contributed by atoms with Crippen LogP contribution < -0.4 is 5.32 Å². The lowest BCUT2D eigenvalue weighted by atomic mass is 9.97. The van der Waals surface area contributed by atoms with Gasteiger partial charge in [0.1, 0.15) is 11.6 Å². The monoisotopic (exact) mass is 700 g/mol. The average molecular weight is 701 g/mol. The van der Waals surface area contributed by atoms with E-state index >= 15 is 0 Å². The van der Waals surface area contributed by atoms with Crippen LogP contribution in [0.25, 0.3) is 11.1 Å². The minimum absolute atomic E-state index is 0.0286. The van der Waals surface area contributed by atoms with Crippen LogP contribution >= 0.6 is 0 Å². The summed E-state index contributed by atoms with van der Waals surface area (Å²) in [6.07, 6.45) is 3.65. The second kappa shape index (κ2) is 17.9. The van der Waals surface area contributed by atoms with Crippen molar-refractivity contribution < 1.29 is 38.8 Å². The van der Waals surface area contributed by atoms with Crippen LogP contribution in [0.3, 0.4) is 0 Å². The number of rotatable bonds is 15. The number of aliphatic hydroxyl groups is 1. The number of carbonyl (C=O) groups is 3. The van der Waals surface area contributed by atoms with Crippen molar-refractivity contribution in [1.29, 1.82) is 0 Å². The minimum Gasteiger partial charge on any atom is -0.481 e. The van der Waals surface area contributed by atoms with Gasteiger partial charge in [0, 0.05) is 37.9 Å². The molecule has 51 heavy (non-hydrogen) atoms. The van der Waals surface area contributed by atoms with Gasteiger partial charge in [-0.15, -0.1) is 0 Å². The summed E-state index contributed by atoms with van der Waals surface area (Å²) in [6.45, 7) is 7.41. The molecule has 0 aromatic heterocycles. The molecule has 0 bridgehead atoms. The third-order valence-corrected chi connectivity index (χ3v) is 9.38. The molecule has 2 saturated heterocycles. The quantitative estimate of drug-likeness (QED) is 0.115. The lowest BCUT2D eigenvalue weighted by Crippen LogP contribution is -2.45. The molecule has 5 rings (SSSR count). The number of carbonyl (C=O) groups excluding carboxylic acids is 2. The summed E-state index contributed by atoms with van der Waals surface area (Å²) in [5, 5.41) is 21.4. The average Bonchev–Trinajstić information content (AvgIpc) is 3.58. The molecule has 274 valence electrons. The van der Waals surface area contributed by atoms with Crippen molar-refractivity contribution in [2.75, 3.05) is 13.1 Å². The molecule has 2 heterocycles. The van der Waals surface area contributed by atoms with Crippen LogP contribution in [0.4, 0.5) is 0 Å². The van der Waals surface area contributed by atoms with Gasteiger partial charge in [-0.3, -0.25) is 19.3 Å². The summed E-state index contributed by atoms with van der Waals surface area (Å²) < 4.78 is 19.0. The van der Waals surface area contributed by atoms with Crippen molar-refractivity contribution in [2.24, 2.45) is 0 Å². The van der Waals surface area contributed by atoms with Crippen LogP contribution in [0.5, 0.6) is 0 Å². The molecule has 2 fully saturated rings. The third-order valence-electron chi connectivity index (χ3n) is 9.38. The van der Waals surface area contributed by atoms with Gasteiger partial charge in [0.15, 0.2) is 6.29 Å². The lowest BCUT2D eigenvalue weighted by Gasteiger charge is -2.38. The maximum absolute atomic E-state index is 13.1. The Labute approximate surface area is 301 Å². The van der Waals surface area contributed by atoms with Gasteiger partial charge < -0.3 is 29.7 Å². The molecule has 0 aliphatic carbocycles. The number of hydrogen-bond acceptors (Lipinski definition) is 8. The Kier molecular flexibility index (Phi) is 13.4. The van der Waals surface area contributed by atoms with Crippen molar-refractivity contribution in [3.63, 3.8) is 0 Å². The van der Waals surface area contributed by atoms with Gasteiger partial charge in [-0.25, -0.2) is 0 Å². The van der Waals surface area contributed by atoms with E-state index in [9.17, 15) is 19.5 Å². The van der Waals surface area contributed by atoms with Crippen LogP contribution in [0.1, 0.15) is 107 Å². The molecule has 0 radical (unpaired) electrons. The predicted molar refractivity (Wildman–Crippen MR) is 193 cm³/mol. The van der Waals surface area contributed by atoms with Crippen LogP contribution in [0.2, 0.25) is 0 Å². The Hall–Kier alpha value is -4.09. The molecule has 10 nitrogen and oxygen atoms in total. The first-order valence-electron chi connectivity index (χ1n) is 18.1. The number of amides is 1. The number of likely N-dealkylation sites (tertiary alicyclic amines) is 1. The van der Waals surface area contributed by atoms with Gasteiger partial charge in [0.2, 0.25) is 5.91 Å². The number of nitrogens with one attached hydrogen (secondary N) is 1. The Morgan fingerprint density at radius 3 is 2.31 bits per heavy atom. The van der Waals surface area contributed by atoms with E-state index in [1.165, 1.54) is 0 Å². The van der Waals surface area contributed by atoms with Crippen molar-refractivity contribution in [3.8, 4) is 11.1 Å². The lowest BCUT2D eigenvalue weighted by molar-refractivity contribution is -0.253. The Morgan fingerprint density at radius 2 is 1.61 bits per heavy atom. The molecule has 0 spiro atoms. The third kappa shape index (κ3) is 11.2. The highest BCUT2D eigenvalue weighted by Crippen LogP contribution is 2.39. The van der Waals surface area contributed by atoms with Crippen molar-refractivity contribution in [2.45, 2.75) is 115 Å². The smallest absolute Gasteiger partial charge is 0.323 e. The van der Waals surface area contributed by atoms with E-state index in [1.54, 1.807) is 0 Å². The highest BCUT2D eigenvalue weighted by atomic mass is 16.7. The van der Waals surface area contributed by atoms with Gasteiger partial charge in [-0.05, 0) is 80.8 Å². The molecule has 3 aromatic rings. The number of ether oxygens (including phenoxy) is 3. The highest BCUT2D eigenvalue weighted by Gasteiger charge is 2.39. The van der Waals surface area contributed by atoms with Crippen molar-refractivity contribution in [3.05, 3.63) is 95.1 Å². The van der Waals surface area contributed by atoms with Gasteiger partial charge in [-0.2, -0.15) is 0 Å². The largest absolute Gasteiger partial charge is 0.481 e. The first-order valence-corrected chi connectivity index (χ1v) is 18.1. The molecule has 4 unspecified atom stereocenters. The van der Waals surface area contributed by atoms with Gasteiger partial charge in [-0.1, -0.05) is 79.2 Å². The molecule has 3 aromatic carbocycles. The molecule has 1 amide bonds. The van der Waals surface area contributed by atoms with E-state index < -0.39 is 17.9 Å². The molecule has 0 saturated carbocycles. The first kappa shape index (κ1) is 38.1. The summed E-state index contributed by atoms with van der Waals surface area (Å²) in [5.74, 6) is -1.06. The van der Waals surface area contributed by atoms with E-state index in [1.807, 2.05) is 93.6 Å². The van der Waals surface area contributed by atoms with Gasteiger partial charge in [0.05, 0.1) is 18.8 Å². The number of aliphatic carboxylic acids is 1. The van der Waals surface area contributed by atoms with Crippen molar-refractivity contribution >= 4 is 17.8 Å². The maximum Gasteiger partial charge on any atom is 0.323 e. The molecular weight excluding hydrogens is 648 g/mol. The maximum atomic E-state index is 13.1. The molecular formula is C41H52N2O8. The summed E-state index contributed by atoms with van der Waals surface area (Å²) in [4.78, 5) is 38.5. The topological polar surface area (TPSA) is 135 Å². The first-order chi connectivity index (χ1) is 24.5. The molecule has 4 atom stereocenters. The van der Waals surface area contributed by atoms with Crippen LogP contribution in [-0.2, 0) is 41.7 Å². The fraction of sp³-hybridized carbons (Fsp3) is 0.488. The Bertz CT molecular complexity index is 1600. The summed E-state index contributed by atoms with van der Waals surface area (Å²) in [5.41, 5.74) is 5.16. The normalized spacial score (nSPS) is 20.9. The van der Waals surface area contributed by atoms with Gasteiger partial charge >= 0.3 is 11.9 Å². The fourth-order valence-corrected chi connectivity index (χ4v) is 6.77. The second-order valence-corrected chi connectivity index (χ2v) is 14.5. The van der Waals surface area contributed by atoms with Gasteiger partial charge in [0.25, 0.3) is 0 Å². The van der Waals surface area contributed by atoms with E-state index in [2.05, 4.69) is 10.2 Å². The van der Waals surface area contributed by atoms with E-state index in [0.717, 1.165) is 52.8 Å². The molecule has 2 aliphatic heterocycles. The molecule has 10 heteroatoms. The number of esters is 1. The van der Waals surface area contributed by atoms with Crippen molar-refractivity contribution in [1.82, 2.24) is 10.2 Å². The Balaban J connectivity index is 1.28. The summed E-state index contributed by atoms with van der Waals surface area (Å²) >= 11 is 0. The minimum atomic E-state index is -0.811. The number of unbranched alkanes of at least 4 members (excludes halogenated alkanes) is 2. The number of carboxylic acids is 1. The zero-order valence-corrected chi connectivity index (χ0v) is 30.0. The fourth-order valence-electron chi connectivity index (χ4n) is 6.77. The second-order valence-electron chi connectivity index (χ2n) is 14.5. The van der Waals surface area contributed by atoms with E-state index in [-0.39, 0.29) is 43.2 Å². The number of nitrogens with zero attached hydrogens (tertiary/aromatic N) is 1. The Morgan fingerprint density at radius 1 is 0.902 bits per heavy atom. The predicted octanol–water partition coefficient (Wildman–Crippen LogP) is 6.85. The number of benzene rings is 3. The summed E-state index contributed by atoms with van der Waals surface area (Å²) in [7, 11) is 0. The summed E-state index contributed by atoms with van der Waals surface area (Å²) in [6, 6.07) is 23.6.